The fraction of sp³-hybridized carbons (Fsp3) is 0.400. The van der Waals surface area contributed by atoms with E-state index < -0.39 is 0 Å². The maximum atomic E-state index is 5.86. The van der Waals surface area contributed by atoms with Crippen LogP contribution < -0.4 is 10.6 Å². The van der Waals surface area contributed by atoms with E-state index in [0.717, 1.165) is 19.4 Å². The van der Waals surface area contributed by atoms with Crippen molar-refractivity contribution in [2.45, 2.75) is 39.7 Å². The summed E-state index contributed by atoms with van der Waals surface area (Å²) < 4.78 is 0. The lowest BCUT2D eigenvalue weighted by Gasteiger charge is -2.33. The summed E-state index contributed by atoms with van der Waals surface area (Å²) in [6.45, 7) is 8.31. The van der Waals surface area contributed by atoms with Gasteiger partial charge in [-0.1, -0.05) is 49.4 Å². The molecule has 0 aromatic heterocycles. The molecular formula is C20H28N2. The Bertz CT molecular complexity index is 578. The van der Waals surface area contributed by atoms with Crippen LogP contribution >= 0.6 is 0 Å². The van der Waals surface area contributed by atoms with Gasteiger partial charge in [0.25, 0.3) is 0 Å². The first-order valence-electron chi connectivity index (χ1n) is 8.26. The number of nitrogens with two attached hydrogens (primary N) is 1. The second-order valence-corrected chi connectivity index (χ2v) is 5.97. The molecule has 118 valence electrons. The molecule has 0 aliphatic heterocycles. The molecule has 1 unspecified atom stereocenters. The van der Waals surface area contributed by atoms with Gasteiger partial charge in [0, 0.05) is 24.8 Å². The molecule has 0 fully saturated rings. The number of anilines is 1. The highest BCUT2D eigenvalue weighted by molar-refractivity contribution is 5.58. The fourth-order valence-electron chi connectivity index (χ4n) is 2.92. The van der Waals surface area contributed by atoms with Gasteiger partial charge in [0.1, 0.15) is 0 Å². The van der Waals surface area contributed by atoms with E-state index >= 15 is 0 Å². The van der Waals surface area contributed by atoms with Crippen molar-refractivity contribution in [3.8, 4) is 0 Å². The van der Waals surface area contributed by atoms with Gasteiger partial charge in [0.2, 0.25) is 0 Å². The number of hydrogen-bond donors (Lipinski definition) is 1. The first-order chi connectivity index (χ1) is 10.7. The van der Waals surface area contributed by atoms with Crippen molar-refractivity contribution in [2.75, 3.05) is 18.0 Å². The lowest BCUT2D eigenvalue weighted by Crippen LogP contribution is -2.37. The number of benzene rings is 2. The van der Waals surface area contributed by atoms with Crippen LogP contribution in [0.3, 0.4) is 0 Å². The smallest absolute Gasteiger partial charge is 0.0407 e. The van der Waals surface area contributed by atoms with Crippen molar-refractivity contribution in [3.05, 3.63) is 65.2 Å². The van der Waals surface area contributed by atoms with Gasteiger partial charge in [-0.15, -0.1) is 0 Å². The molecule has 0 radical (unpaired) electrons. The minimum Gasteiger partial charge on any atom is -0.367 e. The van der Waals surface area contributed by atoms with Gasteiger partial charge >= 0.3 is 0 Å². The first kappa shape index (κ1) is 16.6. The van der Waals surface area contributed by atoms with E-state index in [1.807, 2.05) is 0 Å². The van der Waals surface area contributed by atoms with Gasteiger partial charge in [-0.05, 0) is 49.4 Å². The van der Waals surface area contributed by atoms with Crippen LogP contribution in [0.25, 0.3) is 0 Å². The quantitative estimate of drug-likeness (QED) is 0.831. The monoisotopic (exact) mass is 296 g/mol. The fourth-order valence-corrected chi connectivity index (χ4v) is 2.92. The average Bonchev–Trinajstić information content (AvgIpc) is 2.55. The van der Waals surface area contributed by atoms with E-state index in [0.29, 0.717) is 12.6 Å². The average molecular weight is 296 g/mol. The van der Waals surface area contributed by atoms with Crippen molar-refractivity contribution >= 4 is 5.69 Å². The maximum absolute atomic E-state index is 5.86. The van der Waals surface area contributed by atoms with E-state index in [1.54, 1.807) is 0 Å². The molecule has 0 bridgehead atoms. The standard InChI is InChI=1S/C20H28N2/c1-4-17(3)22(14-13-21)20-12-8-9-16(2)19(20)15-18-10-6-5-7-11-18/h5-12,17H,4,13-15,21H2,1-3H3. The van der Waals surface area contributed by atoms with Gasteiger partial charge in [-0.3, -0.25) is 0 Å². The second kappa shape index (κ2) is 8.00. The molecule has 2 N–H and O–H groups in total. The van der Waals surface area contributed by atoms with E-state index in [4.69, 9.17) is 5.73 Å². The molecule has 2 heteroatoms. The van der Waals surface area contributed by atoms with E-state index in [1.165, 1.54) is 22.4 Å². The highest BCUT2D eigenvalue weighted by Crippen LogP contribution is 2.28. The maximum Gasteiger partial charge on any atom is 0.0407 e. The topological polar surface area (TPSA) is 29.3 Å². The zero-order valence-corrected chi connectivity index (χ0v) is 14.0. The molecular weight excluding hydrogens is 268 g/mol. The normalized spacial score (nSPS) is 12.2. The molecule has 0 heterocycles. The molecule has 1 atom stereocenters. The summed E-state index contributed by atoms with van der Waals surface area (Å²) in [4.78, 5) is 2.46. The van der Waals surface area contributed by atoms with E-state index in [9.17, 15) is 0 Å². The molecule has 0 amide bonds. The number of aryl methyl sites for hydroxylation is 1. The summed E-state index contributed by atoms with van der Waals surface area (Å²) in [5.41, 5.74) is 11.3. The Labute approximate surface area is 135 Å². The third kappa shape index (κ3) is 3.89. The highest BCUT2D eigenvalue weighted by atomic mass is 15.2. The van der Waals surface area contributed by atoms with Gasteiger partial charge in [0.05, 0.1) is 0 Å². The molecule has 2 rings (SSSR count). The number of rotatable bonds is 7. The van der Waals surface area contributed by atoms with Crippen molar-refractivity contribution in [1.82, 2.24) is 0 Å². The molecule has 2 aromatic rings. The van der Waals surface area contributed by atoms with Crippen molar-refractivity contribution in [1.29, 1.82) is 0 Å². The summed E-state index contributed by atoms with van der Waals surface area (Å²) >= 11 is 0. The predicted molar refractivity (Wildman–Crippen MR) is 96.6 cm³/mol. The van der Waals surface area contributed by atoms with Crippen molar-refractivity contribution < 1.29 is 0 Å². The van der Waals surface area contributed by atoms with Gasteiger partial charge in [0.15, 0.2) is 0 Å². The van der Waals surface area contributed by atoms with Crippen molar-refractivity contribution in [3.63, 3.8) is 0 Å². The molecule has 2 aromatic carbocycles. The highest BCUT2D eigenvalue weighted by Gasteiger charge is 2.17. The van der Waals surface area contributed by atoms with Crippen LogP contribution in [0.2, 0.25) is 0 Å². The zero-order valence-electron chi connectivity index (χ0n) is 14.0. The molecule has 0 aliphatic carbocycles. The van der Waals surface area contributed by atoms with Crippen LogP contribution in [0.5, 0.6) is 0 Å². The zero-order chi connectivity index (χ0) is 15.9. The molecule has 0 saturated carbocycles. The number of nitrogens with zero attached hydrogens (tertiary/aromatic N) is 1. The summed E-state index contributed by atoms with van der Waals surface area (Å²) in [5, 5.41) is 0. The van der Waals surface area contributed by atoms with Crippen LogP contribution in [0.1, 0.15) is 37.0 Å². The number of hydrogen-bond acceptors (Lipinski definition) is 2. The molecule has 2 nitrogen and oxygen atoms in total. The summed E-state index contributed by atoms with van der Waals surface area (Å²) in [6, 6.07) is 17.8. The van der Waals surface area contributed by atoms with Gasteiger partial charge < -0.3 is 10.6 Å². The second-order valence-electron chi connectivity index (χ2n) is 5.97. The molecule has 22 heavy (non-hydrogen) atoms. The molecule has 0 saturated heterocycles. The Hall–Kier alpha value is -1.80. The van der Waals surface area contributed by atoms with Crippen LogP contribution in [0, 0.1) is 6.92 Å². The first-order valence-corrected chi connectivity index (χ1v) is 8.26. The Morgan fingerprint density at radius 2 is 1.77 bits per heavy atom. The predicted octanol–water partition coefficient (Wildman–Crippen LogP) is 4.15. The molecule has 0 aliphatic rings. The van der Waals surface area contributed by atoms with Crippen LogP contribution in [-0.2, 0) is 6.42 Å². The Morgan fingerprint density at radius 1 is 1.05 bits per heavy atom. The minimum absolute atomic E-state index is 0.500. The van der Waals surface area contributed by atoms with Crippen LogP contribution in [0.15, 0.2) is 48.5 Å². The third-order valence-corrected chi connectivity index (χ3v) is 4.41. The van der Waals surface area contributed by atoms with Crippen molar-refractivity contribution in [2.24, 2.45) is 5.73 Å². The lowest BCUT2D eigenvalue weighted by molar-refractivity contribution is 0.616. The Morgan fingerprint density at radius 3 is 2.41 bits per heavy atom. The summed E-state index contributed by atoms with van der Waals surface area (Å²) in [5.74, 6) is 0. The van der Waals surface area contributed by atoms with E-state index in [-0.39, 0.29) is 0 Å². The summed E-state index contributed by atoms with van der Waals surface area (Å²) in [7, 11) is 0. The largest absolute Gasteiger partial charge is 0.367 e. The Balaban J connectivity index is 2.40. The van der Waals surface area contributed by atoms with E-state index in [2.05, 4.69) is 74.2 Å². The molecule has 0 spiro atoms. The third-order valence-electron chi connectivity index (χ3n) is 4.41. The van der Waals surface area contributed by atoms with Gasteiger partial charge in [-0.2, -0.15) is 0 Å². The minimum atomic E-state index is 0.500. The SMILES string of the molecule is CCC(C)N(CCN)c1cccc(C)c1Cc1ccccc1. The lowest BCUT2D eigenvalue weighted by atomic mass is 9.97. The Kier molecular flexibility index (Phi) is 6.02. The van der Waals surface area contributed by atoms with Gasteiger partial charge in [-0.25, -0.2) is 0 Å². The van der Waals surface area contributed by atoms with Crippen LogP contribution in [0.4, 0.5) is 5.69 Å². The van der Waals surface area contributed by atoms with Crippen LogP contribution in [-0.4, -0.2) is 19.1 Å². The summed E-state index contributed by atoms with van der Waals surface area (Å²) in [6.07, 6.45) is 2.10.